The lowest BCUT2D eigenvalue weighted by atomic mass is 10.2. The van der Waals surface area contributed by atoms with Gasteiger partial charge in [0.15, 0.2) is 5.69 Å². The summed E-state index contributed by atoms with van der Waals surface area (Å²) in [5, 5.41) is 4.24. The van der Waals surface area contributed by atoms with Gasteiger partial charge in [0, 0.05) is 12.7 Å². The van der Waals surface area contributed by atoms with Gasteiger partial charge in [-0.1, -0.05) is 12.1 Å². The first-order valence-corrected chi connectivity index (χ1v) is 6.47. The van der Waals surface area contributed by atoms with Crippen molar-refractivity contribution in [2.75, 3.05) is 0 Å². The second kappa shape index (κ2) is 5.46. The molecule has 1 heterocycles. The molecule has 2 rings (SSSR count). The predicted octanol–water partition coefficient (Wildman–Crippen LogP) is 2.29. The Morgan fingerprint density at radius 1 is 1.35 bits per heavy atom. The number of carbonyl (C=O) groups excluding carboxylic acids is 1. The molecule has 0 aliphatic carbocycles. The minimum Gasteiger partial charge on any atom is -0.455 e. The van der Waals surface area contributed by atoms with Gasteiger partial charge < -0.3 is 10.5 Å². The van der Waals surface area contributed by atoms with Crippen molar-refractivity contribution in [3.63, 3.8) is 0 Å². The number of rotatable bonds is 3. The second-order valence-electron chi connectivity index (χ2n) is 5.52. The van der Waals surface area contributed by atoms with Crippen LogP contribution in [-0.4, -0.2) is 21.4 Å². The molecule has 0 aliphatic rings. The lowest BCUT2D eigenvalue weighted by Gasteiger charge is -2.18. The van der Waals surface area contributed by atoms with Crippen molar-refractivity contribution in [2.45, 2.75) is 32.9 Å². The minimum atomic E-state index is -0.527. The third kappa shape index (κ3) is 3.45. The normalized spacial score (nSPS) is 11.4. The highest BCUT2D eigenvalue weighted by Gasteiger charge is 2.19. The highest BCUT2D eigenvalue weighted by Crippen LogP contribution is 2.13. The molecule has 0 fully saturated rings. The van der Waals surface area contributed by atoms with Crippen molar-refractivity contribution in [3.8, 4) is 5.69 Å². The summed E-state index contributed by atoms with van der Waals surface area (Å²) in [5.41, 5.74) is 7.25. The molecule has 2 N–H and O–H groups in total. The van der Waals surface area contributed by atoms with Gasteiger partial charge in [-0.2, -0.15) is 5.10 Å². The topological polar surface area (TPSA) is 70.1 Å². The molecule has 2 aromatic rings. The number of nitrogens with two attached hydrogens (primary N) is 1. The van der Waals surface area contributed by atoms with Gasteiger partial charge in [0.1, 0.15) is 5.60 Å². The molecular weight excluding hydrogens is 254 g/mol. The van der Waals surface area contributed by atoms with E-state index in [2.05, 4.69) is 5.10 Å². The third-order valence-electron chi connectivity index (χ3n) is 2.61. The fourth-order valence-electron chi connectivity index (χ4n) is 1.73. The van der Waals surface area contributed by atoms with E-state index in [1.165, 1.54) is 0 Å². The smallest absolute Gasteiger partial charge is 0.359 e. The summed E-state index contributed by atoms with van der Waals surface area (Å²) in [6.07, 6.45) is 1.73. The molecule has 0 spiro atoms. The Labute approximate surface area is 118 Å². The number of nitrogens with zero attached hydrogens (tertiary/aromatic N) is 2. The zero-order valence-electron chi connectivity index (χ0n) is 12.0. The van der Waals surface area contributed by atoms with E-state index in [1.807, 2.05) is 45.0 Å². The van der Waals surface area contributed by atoms with Crippen molar-refractivity contribution in [3.05, 3.63) is 47.8 Å². The standard InChI is InChI=1S/C15H19N3O2/c1-15(2,3)20-14(19)13-7-8-18(17-13)12-6-4-5-11(9-12)10-16/h4-9H,10,16H2,1-3H3. The Kier molecular flexibility index (Phi) is 3.90. The van der Waals surface area contributed by atoms with Crippen LogP contribution < -0.4 is 5.73 Å². The van der Waals surface area contributed by atoms with Gasteiger partial charge in [-0.3, -0.25) is 0 Å². The summed E-state index contributed by atoms with van der Waals surface area (Å²) in [5.74, 6) is -0.425. The van der Waals surface area contributed by atoms with Crippen LogP contribution in [0.5, 0.6) is 0 Å². The lowest BCUT2D eigenvalue weighted by molar-refractivity contribution is 0.00624. The van der Waals surface area contributed by atoms with E-state index in [9.17, 15) is 4.79 Å². The van der Waals surface area contributed by atoms with Crippen LogP contribution in [0.25, 0.3) is 5.69 Å². The van der Waals surface area contributed by atoms with Crippen molar-refractivity contribution < 1.29 is 9.53 Å². The molecule has 0 unspecified atom stereocenters. The van der Waals surface area contributed by atoms with E-state index in [0.29, 0.717) is 6.54 Å². The molecule has 0 atom stereocenters. The summed E-state index contributed by atoms with van der Waals surface area (Å²) in [7, 11) is 0. The molecule has 1 aromatic carbocycles. The van der Waals surface area contributed by atoms with Crippen molar-refractivity contribution in [1.82, 2.24) is 9.78 Å². The second-order valence-corrected chi connectivity index (χ2v) is 5.52. The van der Waals surface area contributed by atoms with Crippen LogP contribution in [0, 0.1) is 0 Å². The van der Waals surface area contributed by atoms with Crippen LogP contribution in [0.1, 0.15) is 36.8 Å². The molecule has 5 heteroatoms. The fraction of sp³-hybridized carbons (Fsp3) is 0.333. The van der Waals surface area contributed by atoms with Gasteiger partial charge in [0.05, 0.1) is 5.69 Å². The van der Waals surface area contributed by atoms with Crippen LogP contribution in [0.15, 0.2) is 36.5 Å². The largest absolute Gasteiger partial charge is 0.455 e. The van der Waals surface area contributed by atoms with Crippen LogP contribution >= 0.6 is 0 Å². The van der Waals surface area contributed by atoms with E-state index in [0.717, 1.165) is 11.3 Å². The Balaban J connectivity index is 2.22. The Morgan fingerprint density at radius 2 is 2.10 bits per heavy atom. The molecule has 0 saturated heterocycles. The number of ether oxygens (including phenoxy) is 1. The van der Waals surface area contributed by atoms with E-state index in [4.69, 9.17) is 10.5 Å². The first-order valence-electron chi connectivity index (χ1n) is 6.47. The number of carbonyl (C=O) groups is 1. The molecule has 0 saturated carbocycles. The summed E-state index contributed by atoms with van der Waals surface area (Å²) >= 11 is 0. The van der Waals surface area contributed by atoms with Gasteiger partial charge in [-0.25, -0.2) is 9.48 Å². The first kappa shape index (κ1) is 14.3. The highest BCUT2D eigenvalue weighted by atomic mass is 16.6. The maximum absolute atomic E-state index is 11.9. The van der Waals surface area contributed by atoms with Crippen LogP contribution in [-0.2, 0) is 11.3 Å². The summed E-state index contributed by atoms with van der Waals surface area (Å²) in [6, 6.07) is 9.34. The Morgan fingerprint density at radius 3 is 2.75 bits per heavy atom. The zero-order chi connectivity index (χ0) is 14.8. The first-order chi connectivity index (χ1) is 9.39. The monoisotopic (exact) mass is 273 g/mol. The van der Waals surface area contributed by atoms with Gasteiger partial charge in [0.2, 0.25) is 0 Å². The Bertz CT molecular complexity index is 612. The van der Waals surface area contributed by atoms with E-state index in [-0.39, 0.29) is 5.69 Å². The van der Waals surface area contributed by atoms with Crippen molar-refractivity contribution in [1.29, 1.82) is 0 Å². The van der Waals surface area contributed by atoms with Gasteiger partial charge in [0.25, 0.3) is 0 Å². The molecule has 0 amide bonds. The molecule has 20 heavy (non-hydrogen) atoms. The van der Waals surface area contributed by atoms with Gasteiger partial charge in [-0.15, -0.1) is 0 Å². The molecule has 1 aromatic heterocycles. The van der Waals surface area contributed by atoms with Gasteiger partial charge in [-0.05, 0) is 44.5 Å². The summed E-state index contributed by atoms with van der Waals surface area (Å²) < 4.78 is 6.92. The van der Waals surface area contributed by atoms with E-state index in [1.54, 1.807) is 16.9 Å². The Hall–Kier alpha value is -2.14. The van der Waals surface area contributed by atoms with Crippen molar-refractivity contribution in [2.24, 2.45) is 5.73 Å². The van der Waals surface area contributed by atoms with Crippen LogP contribution in [0.4, 0.5) is 0 Å². The number of esters is 1. The zero-order valence-corrected chi connectivity index (χ0v) is 12.0. The SMILES string of the molecule is CC(C)(C)OC(=O)c1ccn(-c2cccc(CN)c2)n1. The minimum absolute atomic E-state index is 0.290. The average molecular weight is 273 g/mol. The van der Waals surface area contributed by atoms with Crippen LogP contribution in [0.3, 0.4) is 0 Å². The lowest BCUT2D eigenvalue weighted by Crippen LogP contribution is -2.24. The summed E-state index contributed by atoms with van der Waals surface area (Å²) in [6.45, 7) is 5.94. The molecule has 0 bridgehead atoms. The number of hydrogen-bond acceptors (Lipinski definition) is 4. The number of hydrogen-bond donors (Lipinski definition) is 1. The third-order valence-corrected chi connectivity index (χ3v) is 2.61. The number of aromatic nitrogens is 2. The highest BCUT2D eigenvalue weighted by molar-refractivity contribution is 5.87. The maximum Gasteiger partial charge on any atom is 0.359 e. The quantitative estimate of drug-likeness (QED) is 0.871. The average Bonchev–Trinajstić information content (AvgIpc) is 2.86. The molecule has 0 radical (unpaired) electrons. The van der Waals surface area contributed by atoms with E-state index >= 15 is 0 Å². The number of benzene rings is 1. The molecular formula is C15H19N3O2. The van der Waals surface area contributed by atoms with Crippen LogP contribution in [0.2, 0.25) is 0 Å². The fourth-order valence-corrected chi connectivity index (χ4v) is 1.73. The van der Waals surface area contributed by atoms with Gasteiger partial charge >= 0.3 is 5.97 Å². The predicted molar refractivity (Wildman–Crippen MR) is 76.6 cm³/mol. The van der Waals surface area contributed by atoms with Crippen molar-refractivity contribution >= 4 is 5.97 Å². The summed E-state index contributed by atoms with van der Waals surface area (Å²) in [4.78, 5) is 11.9. The molecule has 5 nitrogen and oxygen atoms in total. The maximum atomic E-state index is 11.9. The molecule has 0 aliphatic heterocycles. The van der Waals surface area contributed by atoms with E-state index < -0.39 is 11.6 Å². The molecule has 106 valence electrons.